The highest BCUT2D eigenvalue weighted by atomic mass is 16.4. The van der Waals surface area contributed by atoms with Gasteiger partial charge in [-0.3, -0.25) is 9.78 Å². The molecule has 0 radical (unpaired) electrons. The fourth-order valence-electron chi connectivity index (χ4n) is 1.12. The molecule has 2 rings (SSSR count). The van der Waals surface area contributed by atoms with E-state index in [1.54, 1.807) is 0 Å². The summed E-state index contributed by atoms with van der Waals surface area (Å²) in [5.41, 5.74) is 0. The highest BCUT2D eigenvalue weighted by Crippen LogP contribution is 2.09. The summed E-state index contributed by atoms with van der Waals surface area (Å²) in [7, 11) is 0. The zero-order valence-electron chi connectivity index (χ0n) is 8.45. The summed E-state index contributed by atoms with van der Waals surface area (Å²) in [6.07, 6.45) is 4.24. The van der Waals surface area contributed by atoms with Gasteiger partial charge < -0.3 is 14.8 Å². The van der Waals surface area contributed by atoms with Gasteiger partial charge in [0.15, 0.2) is 11.6 Å². The van der Waals surface area contributed by atoms with Gasteiger partial charge in [-0.2, -0.15) is 0 Å². The first-order valence-electron chi connectivity index (χ1n) is 4.57. The minimum atomic E-state index is -1.23. The third-order valence-corrected chi connectivity index (χ3v) is 1.85. The van der Waals surface area contributed by atoms with Crippen molar-refractivity contribution in [1.82, 2.24) is 9.97 Å². The van der Waals surface area contributed by atoms with E-state index in [9.17, 15) is 9.59 Å². The second kappa shape index (κ2) is 4.44. The fraction of sp³-hybridized carbons (Fsp3) is 0. The van der Waals surface area contributed by atoms with Crippen LogP contribution >= 0.6 is 0 Å². The molecule has 7 nitrogen and oxygen atoms in total. The summed E-state index contributed by atoms with van der Waals surface area (Å²) in [5, 5.41) is 11.0. The highest BCUT2D eigenvalue weighted by molar-refractivity contribution is 6.02. The van der Waals surface area contributed by atoms with Gasteiger partial charge in [-0.05, 0) is 12.1 Å². The van der Waals surface area contributed by atoms with Crippen LogP contribution in [0.3, 0.4) is 0 Å². The van der Waals surface area contributed by atoms with E-state index in [0.29, 0.717) is 0 Å². The Labute approximate surface area is 95.1 Å². The summed E-state index contributed by atoms with van der Waals surface area (Å²) >= 11 is 0. The van der Waals surface area contributed by atoms with E-state index >= 15 is 0 Å². The molecular weight excluding hydrogens is 226 g/mol. The van der Waals surface area contributed by atoms with Gasteiger partial charge in [-0.15, -0.1) is 0 Å². The quantitative estimate of drug-likeness (QED) is 0.819. The van der Waals surface area contributed by atoms with Gasteiger partial charge in [0.25, 0.3) is 5.91 Å². The zero-order chi connectivity index (χ0) is 12.3. The molecule has 17 heavy (non-hydrogen) atoms. The predicted octanol–water partition coefficient (Wildman–Crippen LogP) is 1.02. The van der Waals surface area contributed by atoms with Gasteiger partial charge in [0.2, 0.25) is 5.76 Å². The number of nitrogens with one attached hydrogen (secondary N) is 1. The number of carbonyl (C=O) groups is 2. The topological polar surface area (TPSA) is 105 Å². The smallest absolute Gasteiger partial charge is 0.371 e. The predicted molar refractivity (Wildman–Crippen MR) is 55.7 cm³/mol. The van der Waals surface area contributed by atoms with Crippen molar-refractivity contribution in [1.29, 1.82) is 0 Å². The van der Waals surface area contributed by atoms with Gasteiger partial charge >= 0.3 is 5.97 Å². The Morgan fingerprint density at radius 1 is 1.24 bits per heavy atom. The van der Waals surface area contributed by atoms with Crippen LogP contribution in [0.2, 0.25) is 0 Å². The number of carboxylic acid groups (broad SMARTS) is 1. The second-order valence-electron chi connectivity index (χ2n) is 3.01. The molecule has 2 heterocycles. The van der Waals surface area contributed by atoms with Gasteiger partial charge in [-0.1, -0.05) is 0 Å². The molecule has 2 aromatic heterocycles. The minimum absolute atomic E-state index is 0.104. The number of furan rings is 1. The Bertz CT molecular complexity index is 550. The molecule has 0 fully saturated rings. The fourth-order valence-corrected chi connectivity index (χ4v) is 1.12. The Hall–Kier alpha value is -2.70. The van der Waals surface area contributed by atoms with E-state index in [2.05, 4.69) is 15.3 Å². The maximum Gasteiger partial charge on any atom is 0.371 e. The van der Waals surface area contributed by atoms with Crippen molar-refractivity contribution < 1.29 is 19.1 Å². The summed E-state index contributed by atoms with van der Waals surface area (Å²) in [6, 6.07) is 2.48. The minimum Gasteiger partial charge on any atom is -0.475 e. The molecule has 0 aliphatic carbocycles. The lowest BCUT2D eigenvalue weighted by atomic mass is 10.4. The lowest BCUT2D eigenvalue weighted by Gasteiger charge is -1.99. The van der Waals surface area contributed by atoms with E-state index in [1.165, 1.54) is 30.7 Å². The molecule has 0 aromatic carbocycles. The SMILES string of the molecule is O=C(O)c1ccc(C(=O)Nc2cnccn2)o1. The van der Waals surface area contributed by atoms with E-state index in [-0.39, 0.29) is 17.3 Å². The average molecular weight is 233 g/mol. The first-order chi connectivity index (χ1) is 8.16. The van der Waals surface area contributed by atoms with Crippen LogP contribution in [0.25, 0.3) is 0 Å². The second-order valence-corrected chi connectivity index (χ2v) is 3.01. The summed E-state index contributed by atoms with van der Waals surface area (Å²) in [5.74, 6) is -1.96. The molecular formula is C10H7N3O4. The van der Waals surface area contributed by atoms with Gasteiger partial charge in [0, 0.05) is 12.4 Å². The van der Waals surface area contributed by atoms with Crippen LogP contribution in [-0.4, -0.2) is 27.0 Å². The number of nitrogens with zero attached hydrogens (tertiary/aromatic N) is 2. The molecule has 7 heteroatoms. The zero-order valence-corrected chi connectivity index (χ0v) is 8.45. The molecule has 0 saturated heterocycles. The number of hydrogen-bond donors (Lipinski definition) is 2. The number of hydrogen-bond acceptors (Lipinski definition) is 5. The van der Waals surface area contributed by atoms with Gasteiger partial charge in [0.1, 0.15) is 0 Å². The molecule has 0 aliphatic rings. The van der Waals surface area contributed by atoms with Crippen LogP contribution in [0.15, 0.2) is 35.1 Å². The van der Waals surface area contributed by atoms with Crippen molar-refractivity contribution in [2.75, 3.05) is 5.32 Å². The van der Waals surface area contributed by atoms with Crippen molar-refractivity contribution in [3.63, 3.8) is 0 Å². The number of carbonyl (C=O) groups excluding carboxylic acids is 1. The molecule has 0 bridgehead atoms. The third-order valence-electron chi connectivity index (χ3n) is 1.85. The molecule has 0 aliphatic heterocycles. The summed E-state index contributed by atoms with van der Waals surface area (Å²) in [6.45, 7) is 0. The van der Waals surface area contributed by atoms with Crippen LogP contribution in [0.4, 0.5) is 5.82 Å². The average Bonchev–Trinajstić information content (AvgIpc) is 2.79. The Morgan fingerprint density at radius 3 is 2.59 bits per heavy atom. The lowest BCUT2D eigenvalue weighted by molar-refractivity contribution is 0.0660. The number of aromatic carboxylic acids is 1. The van der Waals surface area contributed by atoms with E-state index in [4.69, 9.17) is 9.52 Å². The first-order valence-corrected chi connectivity index (χ1v) is 4.57. The Balaban J connectivity index is 2.12. The maximum absolute atomic E-state index is 11.6. The van der Waals surface area contributed by atoms with Crippen LogP contribution < -0.4 is 5.32 Å². The largest absolute Gasteiger partial charge is 0.475 e. The standard InChI is InChI=1S/C10H7N3O4/c14-9(13-8-5-11-3-4-12-8)6-1-2-7(17-6)10(15)16/h1-5H,(H,15,16)(H,12,13,14). The maximum atomic E-state index is 11.6. The molecule has 86 valence electrons. The van der Waals surface area contributed by atoms with Crippen molar-refractivity contribution >= 4 is 17.7 Å². The molecule has 0 unspecified atom stereocenters. The van der Waals surface area contributed by atoms with Crippen LogP contribution in [-0.2, 0) is 0 Å². The summed E-state index contributed by atoms with van der Waals surface area (Å²) in [4.78, 5) is 29.7. The van der Waals surface area contributed by atoms with Crippen LogP contribution in [0.1, 0.15) is 21.1 Å². The number of rotatable bonds is 3. The number of amides is 1. The van der Waals surface area contributed by atoms with Crippen molar-refractivity contribution in [2.24, 2.45) is 0 Å². The van der Waals surface area contributed by atoms with Crippen molar-refractivity contribution in [2.45, 2.75) is 0 Å². The molecule has 2 aromatic rings. The normalized spacial score (nSPS) is 9.88. The van der Waals surface area contributed by atoms with Crippen LogP contribution in [0, 0.1) is 0 Å². The van der Waals surface area contributed by atoms with E-state index < -0.39 is 11.9 Å². The van der Waals surface area contributed by atoms with Gasteiger partial charge in [-0.25, -0.2) is 9.78 Å². The number of carboxylic acids is 1. The van der Waals surface area contributed by atoms with Crippen molar-refractivity contribution in [3.05, 3.63) is 42.2 Å². The number of anilines is 1. The lowest BCUT2D eigenvalue weighted by Crippen LogP contribution is -2.12. The molecule has 0 atom stereocenters. The summed E-state index contributed by atoms with van der Waals surface area (Å²) < 4.78 is 4.82. The van der Waals surface area contributed by atoms with E-state index in [1.807, 2.05) is 0 Å². The van der Waals surface area contributed by atoms with Gasteiger partial charge in [0.05, 0.1) is 6.20 Å². The third kappa shape index (κ3) is 2.46. The molecule has 1 amide bonds. The van der Waals surface area contributed by atoms with E-state index in [0.717, 1.165) is 0 Å². The molecule has 2 N–H and O–H groups in total. The first kappa shape index (κ1) is 10.8. The monoisotopic (exact) mass is 233 g/mol. The van der Waals surface area contributed by atoms with Crippen LogP contribution in [0.5, 0.6) is 0 Å². The molecule has 0 saturated carbocycles. The Kier molecular flexibility index (Phi) is 2.82. The number of aromatic nitrogens is 2. The highest BCUT2D eigenvalue weighted by Gasteiger charge is 2.15. The molecule has 0 spiro atoms. The van der Waals surface area contributed by atoms with Crippen molar-refractivity contribution in [3.8, 4) is 0 Å². The Morgan fingerprint density at radius 2 is 2.00 bits per heavy atom.